The summed E-state index contributed by atoms with van der Waals surface area (Å²) in [5.41, 5.74) is 0. The summed E-state index contributed by atoms with van der Waals surface area (Å²) in [6, 6.07) is -1.000. The first kappa shape index (κ1) is 104. The van der Waals surface area contributed by atoms with E-state index in [2.05, 4.69) is 92.1 Å². The van der Waals surface area contributed by atoms with Crippen molar-refractivity contribution in [3.8, 4) is 0 Å². The van der Waals surface area contributed by atoms with E-state index in [0.29, 0.717) is 12.8 Å². The van der Waals surface area contributed by atoms with E-state index in [4.69, 9.17) is 28.4 Å². The highest BCUT2D eigenvalue weighted by Gasteiger charge is 2.54. The van der Waals surface area contributed by atoms with Crippen LogP contribution in [0.1, 0.15) is 373 Å². The van der Waals surface area contributed by atoms with Crippen molar-refractivity contribution in [2.45, 2.75) is 478 Å². The molecule has 1 amide bonds. The van der Waals surface area contributed by atoms with Gasteiger partial charge in [0.25, 0.3) is 0 Å². The van der Waals surface area contributed by atoms with Gasteiger partial charge in [-0.25, -0.2) is 0 Å². The summed E-state index contributed by atoms with van der Waals surface area (Å²) in [4.78, 5) is 13.5. The maximum atomic E-state index is 13.5. The van der Waals surface area contributed by atoms with Crippen molar-refractivity contribution < 1.29 is 89.4 Å². The summed E-state index contributed by atoms with van der Waals surface area (Å²) in [6.45, 7) is 1.65. The summed E-state index contributed by atoms with van der Waals surface area (Å²) in [6.07, 6.45) is 73.3. The highest BCUT2D eigenvalue weighted by atomic mass is 16.8. The van der Waals surface area contributed by atoms with Crippen molar-refractivity contribution in [3.63, 3.8) is 0 Å². The molecule has 3 rings (SSSR count). The van der Waals surface area contributed by atoms with Gasteiger partial charge >= 0.3 is 0 Å². The van der Waals surface area contributed by atoms with Gasteiger partial charge < -0.3 is 89.9 Å². The SMILES string of the molecule is CC/C=C\C/C=C\C/C=C\C/C=C\CCCCCCCCCCCCCCCCCCCCCCCCCCCCCCC(=O)NC(COC1OC(CO)C(OC2OC(CO)C(OC3OC(CO)C(O)C(O)C3O)C(O)C2O)C(O)C1O)C(O)/C=C/CC/C=C/CC/C=C/CCCCCCCCCCCCCCCCCCC. The van der Waals surface area contributed by atoms with E-state index >= 15 is 0 Å². The lowest BCUT2D eigenvalue weighted by Crippen LogP contribution is -2.66. The zero-order valence-corrected chi connectivity index (χ0v) is 71.1. The molecule has 12 N–H and O–H groups in total. The highest BCUT2D eigenvalue weighted by molar-refractivity contribution is 5.76. The number of carbonyl (C=O) groups is 1. The topological polar surface area (TPSA) is 307 Å². The smallest absolute Gasteiger partial charge is 0.220 e. The normalized spacial score (nSPS) is 25.2. The quantitative estimate of drug-likeness (QED) is 0.0199. The summed E-state index contributed by atoms with van der Waals surface area (Å²) in [5, 5.41) is 121. The Kier molecular flexibility index (Phi) is 67.2. The van der Waals surface area contributed by atoms with E-state index in [9.17, 15) is 61.0 Å². The van der Waals surface area contributed by atoms with Crippen LogP contribution < -0.4 is 5.32 Å². The Morgan fingerprint density at radius 2 is 0.619 bits per heavy atom. The van der Waals surface area contributed by atoms with Gasteiger partial charge in [0.15, 0.2) is 18.9 Å². The molecule has 658 valence electrons. The van der Waals surface area contributed by atoms with Gasteiger partial charge in [-0.3, -0.25) is 4.79 Å². The van der Waals surface area contributed by atoms with Crippen LogP contribution in [-0.2, 0) is 33.2 Å². The molecule has 0 aliphatic carbocycles. The Morgan fingerprint density at radius 1 is 0.327 bits per heavy atom. The Bertz CT molecular complexity index is 2370. The van der Waals surface area contributed by atoms with E-state index < -0.39 is 124 Å². The van der Waals surface area contributed by atoms with Crippen LogP contribution in [0.15, 0.2) is 85.1 Å². The minimum absolute atomic E-state index is 0.234. The third-order valence-corrected chi connectivity index (χ3v) is 22.7. The second-order valence-electron chi connectivity index (χ2n) is 32.7. The van der Waals surface area contributed by atoms with Crippen molar-refractivity contribution in [2.24, 2.45) is 0 Å². The van der Waals surface area contributed by atoms with Crippen molar-refractivity contribution in [3.05, 3.63) is 85.1 Å². The first-order valence-electron chi connectivity index (χ1n) is 46.3. The summed E-state index contributed by atoms with van der Waals surface area (Å²) >= 11 is 0. The zero-order chi connectivity index (χ0) is 81.7. The molecule has 17 atom stereocenters. The van der Waals surface area contributed by atoms with Crippen LogP contribution in [0.25, 0.3) is 0 Å². The van der Waals surface area contributed by atoms with Crippen LogP contribution in [0.2, 0.25) is 0 Å². The molecule has 19 heteroatoms. The van der Waals surface area contributed by atoms with E-state index in [1.54, 1.807) is 6.08 Å². The lowest BCUT2D eigenvalue weighted by Gasteiger charge is -2.48. The fraction of sp³-hybridized carbons (Fsp3) is 0.840. The van der Waals surface area contributed by atoms with E-state index in [1.165, 1.54) is 270 Å². The van der Waals surface area contributed by atoms with E-state index in [0.717, 1.165) is 70.6 Å². The molecule has 0 spiro atoms. The molecular weight excluding hydrogens is 1430 g/mol. The number of nitrogens with one attached hydrogen (secondary N) is 1. The molecule has 3 aliphatic rings. The number of hydrogen-bond donors (Lipinski definition) is 12. The maximum Gasteiger partial charge on any atom is 0.220 e. The molecule has 0 aromatic rings. The van der Waals surface area contributed by atoms with Crippen LogP contribution in [0.4, 0.5) is 0 Å². The summed E-state index contributed by atoms with van der Waals surface area (Å²) < 4.78 is 34.5. The van der Waals surface area contributed by atoms with Gasteiger partial charge in [-0.15, -0.1) is 0 Å². The number of hydrogen-bond acceptors (Lipinski definition) is 18. The van der Waals surface area contributed by atoms with Gasteiger partial charge in [0.05, 0.1) is 38.6 Å². The largest absolute Gasteiger partial charge is 0.394 e. The Hall–Kier alpha value is -3.03. The minimum atomic E-state index is -1.99. The molecule has 3 aliphatic heterocycles. The van der Waals surface area contributed by atoms with Gasteiger partial charge in [-0.1, -0.05) is 369 Å². The van der Waals surface area contributed by atoms with Crippen molar-refractivity contribution in [1.29, 1.82) is 0 Å². The van der Waals surface area contributed by atoms with Crippen molar-refractivity contribution in [2.75, 3.05) is 26.4 Å². The van der Waals surface area contributed by atoms with Crippen molar-refractivity contribution in [1.82, 2.24) is 5.32 Å². The maximum absolute atomic E-state index is 13.5. The minimum Gasteiger partial charge on any atom is -0.394 e. The van der Waals surface area contributed by atoms with Crippen LogP contribution in [0.3, 0.4) is 0 Å². The van der Waals surface area contributed by atoms with Gasteiger partial charge in [0, 0.05) is 6.42 Å². The van der Waals surface area contributed by atoms with Crippen LogP contribution in [0, 0.1) is 0 Å². The molecule has 3 heterocycles. The molecule has 0 aromatic carbocycles. The number of aliphatic hydroxyl groups is 11. The fourth-order valence-corrected chi connectivity index (χ4v) is 15.3. The predicted molar refractivity (Wildman–Crippen MR) is 457 cm³/mol. The number of aliphatic hydroxyl groups excluding tert-OH is 11. The van der Waals surface area contributed by atoms with E-state index in [-0.39, 0.29) is 18.9 Å². The number of unbranched alkanes of at least 4 members (excludes halogenated alkanes) is 47. The Balaban J connectivity index is 1.30. The molecular formula is C94H169NO18. The number of allylic oxidation sites excluding steroid dienone is 13. The molecule has 0 saturated carbocycles. The number of ether oxygens (including phenoxy) is 6. The van der Waals surface area contributed by atoms with Gasteiger partial charge in [0.1, 0.15) is 73.2 Å². The van der Waals surface area contributed by atoms with Gasteiger partial charge in [0.2, 0.25) is 5.91 Å². The van der Waals surface area contributed by atoms with Gasteiger partial charge in [-0.2, -0.15) is 0 Å². The lowest BCUT2D eigenvalue weighted by molar-refractivity contribution is -0.379. The number of amides is 1. The van der Waals surface area contributed by atoms with Crippen LogP contribution >= 0.6 is 0 Å². The average Bonchev–Trinajstić information content (AvgIpc) is 0.777. The van der Waals surface area contributed by atoms with Crippen LogP contribution in [0.5, 0.6) is 0 Å². The van der Waals surface area contributed by atoms with Gasteiger partial charge in [-0.05, 0) is 83.5 Å². The Labute approximate surface area is 686 Å². The highest BCUT2D eigenvalue weighted by Crippen LogP contribution is 2.34. The molecule has 17 unspecified atom stereocenters. The zero-order valence-electron chi connectivity index (χ0n) is 71.1. The molecule has 3 fully saturated rings. The number of rotatable bonds is 75. The second kappa shape index (κ2) is 72.9. The standard InChI is InChI=1S/C94H169NO18/c1-3-5-7-9-11-13-15-17-19-21-23-25-27-29-31-32-33-34-35-36-37-38-39-40-41-42-43-44-46-48-50-52-54-56-58-60-62-64-66-68-70-72-82(100)95-77(78(99)71-69-67-65-63-61-59-57-55-53-51-49-47-45-30-28-26-24-22-20-18-16-14-12-10-8-6-4-2)76-108-92-88(106)85(103)90(80(74-97)110-92)113-94-89(107)86(104)91(81(75-98)111-94)112-93-87(105)84(102)83(101)79(73-96)109-93/h5,7,11,13,17,19,23,25,53,55,61,63,69,71,77-81,83-94,96-99,101-107H,3-4,6,8-10,12,14-16,18,20-22,24,26-52,54,56-60,62,64-68,70,72-76H2,1-2H3,(H,95,100)/b7-5-,13-11-,19-17-,25-23-,55-53+,63-61+,71-69+. The second-order valence-corrected chi connectivity index (χ2v) is 32.7. The average molecular weight is 1600 g/mol. The molecule has 19 nitrogen and oxygen atoms in total. The first-order valence-corrected chi connectivity index (χ1v) is 46.3. The fourth-order valence-electron chi connectivity index (χ4n) is 15.3. The molecule has 0 bridgehead atoms. The van der Waals surface area contributed by atoms with E-state index in [1.807, 2.05) is 6.08 Å². The summed E-state index contributed by atoms with van der Waals surface area (Å²) in [7, 11) is 0. The third kappa shape index (κ3) is 51.3. The Morgan fingerprint density at radius 3 is 0.991 bits per heavy atom. The lowest BCUT2D eigenvalue weighted by atomic mass is 9.96. The third-order valence-electron chi connectivity index (χ3n) is 22.7. The monoisotopic (exact) mass is 1600 g/mol. The first-order chi connectivity index (χ1) is 55.3. The molecule has 0 aromatic heterocycles. The van der Waals surface area contributed by atoms with Crippen LogP contribution in [-0.4, -0.2) is 193 Å². The predicted octanol–water partition coefficient (Wildman–Crippen LogP) is 18.1. The summed E-state index contributed by atoms with van der Waals surface area (Å²) in [5.74, 6) is -0.283. The number of carbonyl (C=O) groups excluding carboxylic acids is 1. The molecule has 3 saturated heterocycles. The molecule has 113 heavy (non-hydrogen) atoms. The van der Waals surface area contributed by atoms with Crippen molar-refractivity contribution >= 4 is 5.91 Å². The molecule has 0 radical (unpaired) electrons.